The van der Waals surface area contributed by atoms with Crippen molar-refractivity contribution >= 4 is 22.6 Å². The molecule has 6 heteroatoms. The standard InChI is InChI=1S/C19H22N4O2/c1-14(25-19(24)15-6-3-2-4-7-15)12-20-10-11-21-17-8-5-9-18-16(17)13-22-23-18/h2-9,13-14,20-21H,10-12H2,1H3,(H,22,23). The van der Waals surface area contributed by atoms with Gasteiger partial charge >= 0.3 is 5.97 Å². The summed E-state index contributed by atoms with van der Waals surface area (Å²) >= 11 is 0. The number of nitrogens with one attached hydrogen (secondary N) is 3. The summed E-state index contributed by atoms with van der Waals surface area (Å²) in [6.07, 6.45) is 1.63. The molecule has 3 aromatic rings. The predicted molar refractivity (Wildman–Crippen MR) is 98.8 cm³/mol. The number of esters is 1. The van der Waals surface area contributed by atoms with E-state index < -0.39 is 0 Å². The Morgan fingerprint density at radius 1 is 1.16 bits per heavy atom. The zero-order valence-corrected chi connectivity index (χ0v) is 14.2. The zero-order valence-electron chi connectivity index (χ0n) is 14.2. The van der Waals surface area contributed by atoms with Gasteiger partial charge in [0.2, 0.25) is 0 Å². The number of hydrogen-bond donors (Lipinski definition) is 3. The predicted octanol–water partition coefficient (Wildman–Crippen LogP) is 2.81. The molecule has 130 valence electrons. The molecule has 0 bridgehead atoms. The zero-order chi connectivity index (χ0) is 17.5. The normalized spacial score (nSPS) is 12.0. The Kier molecular flexibility index (Phi) is 5.64. The fourth-order valence-corrected chi connectivity index (χ4v) is 2.58. The molecule has 2 aromatic carbocycles. The third kappa shape index (κ3) is 4.58. The van der Waals surface area contributed by atoms with E-state index in [4.69, 9.17) is 4.74 Å². The first-order valence-corrected chi connectivity index (χ1v) is 8.37. The van der Waals surface area contributed by atoms with Gasteiger partial charge in [0, 0.05) is 30.7 Å². The average Bonchev–Trinajstić information content (AvgIpc) is 3.11. The van der Waals surface area contributed by atoms with Crippen molar-refractivity contribution in [2.45, 2.75) is 13.0 Å². The number of hydrogen-bond acceptors (Lipinski definition) is 5. The summed E-state index contributed by atoms with van der Waals surface area (Å²) in [5.74, 6) is -0.292. The SMILES string of the molecule is CC(CNCCNc1cccc2[nH]ncc12)OC(=O)c1ccccc1. The van der Waals surface area contributed by atoms with Gasteiger partial charge in [0.15, 0.2) is 0 Å². The van der Waals surface area contributed by atoms with Gasteiger partial charge in [-0.2, -0.15) is 5.10 Å². The van der Waals surface area contributed by atoms with Crippen molar-refractivity contribution in [3.63, 3.8) is 0 Å². The number of aromatic nitrogens is 2. The Bertz CT molecular complexity index is 816. The van der Waals surface area contributed by atoms with Crippen molar-refractivity contribution in [2.24, 2.45) is 0 Å². The van der Waals surface area contributed by atoms with Gasteiger partial charge in [0.1, 0.15) is 6.10 Å². The van der Waals surface area contributed by atoms with Crippen LogP contribution in [0.3, 0.4) is 0 Å². The fourth-order valence-electron chi connectivity index (χ4n) is 2.58. The van der Waals surface area contributed by atoms with Crippen molar-refractivity contribution in [1.29, 1.82) is 0 Å². The quantitative estimate of drug-likeness (QED) is 0.435. The number of ether oxygens (including phenoxy) is 1. The summed E-state index contributed by atoms with van der Waals surface area (Å²) < 4.78 is 5.41. The molecule has 0 spiro atoms. The molecule has 25 heavy (non-hydrogen) atoms. The van der Waals surface area contributed by atoms with E-state index in [0.717, 1.165) is 29.7 Å². The van der Waals surface area contributed by atoms with E-state index in [-0.39, 0.29) is 12.1 Å². The van der Waals surface area contributed by atoms with Crippen LogP contribution in [0.1, 0.15) is 17.3 Å². The molecule has 0 saturated heterocycles. The number of aromatic amines is 1. The molecule has 3 rings (SSSR count). The lowest BCUT2D eigenvalue weighted by Crippen LogP contribution is -2.32. The van der Waals surface area contributed by atoms with E-state index >= 15 is 0 Å². The molecule has 0 fully saturated rings. The number of rotatable bonds is 8. The highest BCUT2D eigenvalue weighted by Crippen LogP contribution is 2.20. The lowest BCUT2D eigenvalue weighted by atomic mass is 10.2. The van der Waals surface area contributed by atoms with Crippen LogP contribution in [-0.2, 0) is 4.74 Å². The maximum Gasteiger partial charge on any atom is 0.338 e. The van der Waals surface area contributed by atoms with Gasteiger partial charge in [-0.1, -0.05) is 24.3 Å². The molecule has 0 saturated carbocycles. The highest BCUT2D eigenvalue weighted by molar-refractivity contribution is 5.91. The maximum absolute atomic E-state index is 12.0. The number of nitrogens with zero attached hydrogens (tertiary/aromatic N) is 1. The molecule has 1 aromatic heterocycles. The number of fused-ring (bicyclic) bond motifs is 1. The van der Waals surface area contributed by atoms with E-state index in [9.17, 15) is 4.79 Å². The van der Waals surface area contributed by atoms with Crippen LogP contribution in [0.5, 0.6) is 0 Å². The molecule has 0 aliphatic heterocycles. The molecule has 0 amide bonds. The van der Waals surface area contributed by atoms with Gasteiger partial charge in [-0.25, -0.2) is 4.79 Å². The first-order valence-electron chi connectivity index (χ1n) is 8.37. The maximum atomic E-state index is 12.0. The number of benzene rings is 2. The summed E-state index contributed by atoms with van der Waals surface area (Å²) in [5, 5.41) is 14.8. The third-order valence-electron chi connectivity index (χ3n) is 3.85. The summed E-state index contributed by atoms with van der Waals surface area (Å²) in [6, 6.07) is 15.0. The van der Waals surface area contributed by atoms with E-state index in [1.165, 1.54) is 0 Å². The van der Waals surface area contributed by atoms with Crippen molar-refractivity contribution in [3.8, 4) is 0 Å². The Labute approximate surface area is 146 Å². The summed E-state index contributed by atoms with van der Waals surface area (Å²) in [7, 11) is 0. The number of anilines is 1. The van der Waals surface area contributed by atoms with Gasteiger partial charge in [-0.15, -0.1) is 0 Å². The number of carbonyl (C=O) groups is 1. The summed E-state index contributed by atoms with van der Waals surface area (Å²) in [6.45, 7) is 4.02. The lowest BCUT2D eigenvalue weighted by Gasteiger charge is -2.14. The molecule has 0 aliphatic carbocycles. The van der Waals surface area contributed by atoms with Gasteiger partial charge in [0.25, 0.3) is 0 Å². The van der Waals surface area contributed by atoms with Gasteiger partial charge in [-0.05, 0) is 31.2 Å². The first-order chi connectivity index (χ1) is 12.2. The van der Waals surface area contributed by atoms with Crippen LogP contribution in [0, 0.1) is 0 Å². The second-order valence-corrected chi connectivity index (χ2v) is 5.85. The largest absolute Gasteiger partial charge is 0.458 e. The van der Waals surface area contributed by atoms with Crippen molar-refractivity contribution < 1.29 is 9.53 Å². The fraction of sp³-hybridized carbons (Fsp3) is 0.263. The summed E-state index contributed by atoms with van der Waals surface area (Å²) in [4.78, 5) is 12.0. The Balaban J connectivity index is 1.37. The van der Waals surface area contributed by atoms with E-state index in [2.05, 4.69) is 20.8 Å². The number of carbonyl (C=O) groups excluding carboxylic acids is 1. The summed E-state index contributed by atoms with van der Waals surface area (Å²) in [5.41, 5.74) is 2.64. The third-order valence-corrected chi connectivity index (χ3v) is 3.85. The average molecular weight is 338 g/mol. The topological polar surface area (TPSA) is 79.0 Å². The molecule has 0 aliphatic rings. The lowest BCUT2D eigenvalue weighted by molar-refractivity contribution is 0.0343. The van der Waals surface area contributed by atoms with Crippen molar-refractivity contribution in [3.05, 3.63) is 60.3 Å². The van der Waals surface area contributed by atoms with Crippen LogP contribution in [0.25, 0.3) is 10.9 Å². The van der Waals surface area contributed by atoms with Crippen molar-refractivity contribution in [1.82, 2.24) is 15.5 Å². The minimum Gasteiger partial charge on any atom is -0.458 e. The van der Waals surface area contributed by atoms with Crippen LogP contribution >= 0.6 is 0 Å². The molecule has 3 N–H and O–H groups in total. The molecule has 1 heterocycles. The molecular formula is C19H22N4O2. The highest BCUT2D eigenvalue weighted by atomic mass is 16.5. The smallest absolute Gasteiger partial charge is 0.338 e. The van der Waals surface area contributed by atoms with E-state index in [1.54, 1.807) is 12.1 Å². The van der Waals surface area contributed by atoms with Gasteiger partial charge in [0.05, 0.1) is 17.3 Å². The Morgan fingerprint density at radius 3 is 2.84 bits per heavy atom. The van der Waals surface area contributed by atoms with Gasteiger partial charge < -0.3 is 15.4 Å². The van der Waals surface area contributed by atoms with Crippen LogP contribution in [-0.4, -0.2) is 41.9 Å². The van der Waals surface area contributed by atoms with E-state index in [1.807, 2.05) is 49.5 Å². The number of H-pyrrole nitrogens is 1. The van der Waals surface area contributed by atoms with E-state index in [0.29, 0.717) is 12.1 Å². The molecule has 0 radical (unpaired) electrons. The highest BCUT2D eigenvalue weighted by Gasteiger charge is 2.11. The minimum absolute atomic E-state index is 0.190. The van der Waals surface area contributed by atoms with Crippen molar-refractivity contribution in [2.75, 3.05) is 25.0 Å². The minimum atomic E-state index is -0.292. The van der Waals surface area contributed by atoms with Crippen LogP contribution in [0.2, 0.25) is 0 Å². The second-order valence-electron chi connectivity index (χ2n) is 5.85. The molecule has 1 unspecified atom stereocenters. The van der Waals surface area contributed by atoms with Gasteiger partial charge in [-0.3, -0.25) is 5.10 Å². The van der Waals surface area contributed by atoms with Crippen LogP contribution in [0.4, 0.5) is 5.69 Å². The Hall–Kier alpha value is -2.86. The molecule has 1 atom stereocenters. The monoisotopic (exact) mass is 338 g/mol. The Morgan fingerprint density at radius 2 is 2.00 bits per heavy atom. The van der Waals surface area contributed by atoms with Crippen LogP contribution < -0.4 is 10.6 Å². The van der Waals surface area contributed by atoms with Crippen LogP contribution in [0.15, 0.2) is 54.7 Å². The second kappa shape index (κ2) is 8.30. The first kappa shape index (κ1) is 17.0. The molecule has 6 nitrogen and oxygen atoms in total. The molecular weight excluding hydrogens is 316 g/mol.